The molecule has 0 aliphatic heterocycles. The summed E-state index contributed by atoms with van der Waals surface area (Å²) in [7, 11) is 1.49. The third kappa shape index (κ3) is 1.38. The average molecular weight is 198 g/mol. The molecule has 0 heterocycles. The minimum Gasteiger partial charge on any atom is -0.341 e. The number of nitrogens with one attached hydrogen (secondary N) is 2. The van der Waals surface area contributed by atoms with Crippen LogP contribution < -0.4 is 10.6 Å². The molecular weight excluding hydrogens is 180 g/mol. The van der Waals surface area contributed by atoms with Gasteiger partial charge < -0.3 is 5.32 Å². The molecule has 80 valence electrons. The van der Waals surface area contributed by atoms with E-state index in [-0.39, 0.29) is 22.7 Å². The summed E-state index contributed by atoms with van der Waals surface area (Å²) in [6.45, 7) is 8.17. The predicted molar refractivity (Wildman–Crippen MR) is 53.7 cm³/mol. The molecule has 0 aromatic rings. The molecule has 0 atom stereocenters. The van der Waals surface area contributed by atoms with Crippen molar-refractivity contribution in [3.05, 3.63) is 0 Å². The van der Waals surface area contributed by atoms with Gasteiger partial charge in [-0.1, -0.05) is 27.7 Å². The molecule has 4 heteroatoms. The van der Waals surface area contributed by atoms with Gasteiger partial charge in [-0.15, -0.1) is 0 Å². The van der Waals surface area contributed by atoms with Crippen LogP contribution in [-0.2, 0) is 4.79 Å². The Balaban J connectivity index is 2.62. The van der Waals surface area contributed by atoms with E-state index in [4.69, 9.17) is 0 Å². The van der Waals surface area contributed by atoms with Crippen LogP contribution in [0.5, 0.6) is 0 Å². The molecule has 1 fully saturated rings. The van der Waals surface area contributed by atoms with Gasteiger partial charge in [-0.3, -0.25) is 10.1 Å². The lowest BCUT2D eigenvalue weighted by molar-refractivity contribution is -0.122. The Bertz CT molecular complexity index is 268. The quantitative estimate of drug-likeness (QED) is 0.663. The van der Waals surface area contributed by atoms with E-state index in [0.717, 1.165) is 0 Å². The number of urea groups is 1. The largest absolute Gasteiger partial charge is 0.341 e. The van der Waals surface area contributed by atoms with E-state index >= 15 is 0 Å². The average Bonchev–Trinajstić information content (AvgIpc) is 2.42. The minimum atomic E-state index is -0.437. The highest BCUT2D eigenvalue weighted by atomic mass is 16.2. The van der Waals surface area contributed by atoms with E-state index in [1.165, 1.54) is 7.05 Å². The zero-order valence-corrected chi connectivity index (χ0v) is 9.39. The number of carbonyl (C=O) groups excluding carboxylic acids is 2. The zero-order chi connectivity index (χ0) is 11.1. The zero-order valence-electron chi connectivity index (χ0n) is 9.39. The first-order valence-corrected chi connectivity index (χ1v) is 4.77. The number of hydrogen-bond donors (Lipinski definition) is 2. The smallest absolute Gasteiger partial charge is 0.321 e. The fourth-order valence-corrected chi connectivity index (χ4v) is 2.10. The van der Waals surface area contributed by atoms with Crippen LogP contribution in [0.1, 0.15) is 27.7 Å². The number of hydrogen-bond acceptors (Lipinski definition) is 2. The van der Waals surface area contributed by atoms with Gasteiger partial charge in [0.1, 0.15) is 0 Å². The van der Waals surface area contributed by atoms with Crippen molar-refractivity contribution in [2.75, 3.05) is 7.05 Å². The molecule has 0 bridgehead atoms. The van der Waals surface area contributed by atoms with E-state index in [1.54, 1.807) is 0 Å². The second kappa shape index (κ2) is 2.97. The number of rotatable bonds is 1. The van der Waals surface area contributed by atoms with Crippen molar-refractivity contribution in [2.24, 2.45) is 16.7 Å². The molecule has 1 aliphatic carbocycles. The summed E-state index contributed by atoms with van der Waals surface area (Å²) in [4.78, 5) is 22.6. The SMILES string of the molecule is CNC(=O)NC(=O)C1C(C)(C)C1(C)C. The fraction of sp³-hybridized carbons (Fsp3) is 0.800. The number of carbonyl (C=O) groups is 2. The Hall–Kier alpha value is -1.06. The molecule has 2 N–H and O–H groups in total. The van der Waals surface area contributed by atoms with Crippen molar-refractivity contribution in [1.29, 1.82) is 0 Å². The lowest BCUT2D eigenvalue weighted by Gasteiger charge is -2.03. The van der Waals surface area contributed by atoms with Gasteiger partial charge in [0.15, 0.2) is 0 Å². The van der Waals surface area contributed by atoms with Crippen LogP contribution in [0, 0.1) is 16.7 Å². The second-order valence-corrected chi connectivity index (χ2v) is 4.94. The molecule has 0 unspecified atom stereocenters. The van der Waals surface area contributed by atoms with Gasteiger partial charge in [0.2, 0.25) is 5.91 Å². The van der Waals surface area contributed by atoms with Gasteiger partial charge in [0.25, 0.3) is 0 Å². The highest BCUT2D eigenvalue weighted by Crippen LogP contribution is 2.68. The van der Waals surface area contributed by atoms with Gasteiger partial charge in [-0.05, 0) is 10.8 Å². The lowest BCUT2D eigenvalue weighted by Crippen LogP contribution is -2.39. The van der Waals surface area contributed by atoms with Crippen LogP contribution in [0.15, 0.2) is 0 Å². The molecular formula is C10H18N2O2. The first kappa shape index (κ1) is 11.0. The Morgan fingerprint density at radius 3 is 1.79 bits per heavy atom. The molecule has 0 aromatic heterocycles. The van der Waals surface area contributed by atoms with E-state index in [2.05, 4.69) is 10.6 Å². The second-order valence-electron chi connectivity index (χ2n) is 4.94. The summed E-state index contributed by atoms with van der Waals surface area (Å²) in [5, 5.41) is 4.68. The summed E-state index contributed by atoms with van der Waals surface area (Å²) in [6.07, 6.45) is 0. The van der Waals surface area contributed by atoms with Crippen molar-refractivity contribution in [2.45, 2.75) is 27.7 Å². The third-order valence-electron chi connectivity index (χ3n) is 3.75. The molecule has 0 aromatic carbocycles. The van der Waals surface area contributed by atoms with Crippen LogP contribution >= 0.6 is 0 Å². The first-order chi connectivity index (χ1) is 6.25. The van der Waals surface area contributed by atoms with Crippen molar-refractivity contribution >= 4 is 11.9 Å². The Morgan fingerprint density at radius 2 is 1.50 bits per heavy atom. The molecule has 1 rings (SSSR count). The summed E-state index contributed by atoms with van der Waals surface area (Å²) in [5.41, 5.74) is -0.0454. The summed E-state index contributed by atoms with van der Waals surface area (Å²) in [6, 6.07) is -0.437. The molecule has 3 amide bonds. The molecule has 0 saturated heterocycles. The van der Waals surface area contributed by atoms with Crippen molar-refractivity contribution < 1.29 is 9.59 Å². The van der Waals surface area contributed by atoms with Gasteiger partial charge in [0, 0.05) is 13.0 Å². The van der Waals surface area contributed by atoms with E-state index in [1.807, 2.05) is 27.7 Å². The van der Waals surface area contributed by atoms with Crippen LogP contribution in [0.2, 0.25) is 0 Å². The Labute approximate surface area is 84.4 Å². The van der Waals surface area contributed by atoms with Gasteiger partial charge in [-0.25, -0.2) is 4.79 Å². The maximum Gasteiger partial charge on any atom is 0.321 e. The highest BCUT2D eigenvalue weighted by molar-refractivity contribution is 5.97. The maximum absolute atomic E-state index is 11.6. The molecule has 4 nitrogen and oxygen atoms in total. The van der Waals surface area contributed by atoms with Crippen LogP contribution in [0.3, 0.4) is 0 Å². The minimum absolute atomic E-state index is 0.0227. The van der Waals surface area contributed by atoms with Crippen LogP contribution in [0.25, 0.3) is 0 Å². The molecule has 1 saturated carbocycles. The van der Waals surface area contributed by atoms with Crippen LogP contribution in [-0.4, -0.2) is 19.0 Å². The van der Waals surface area contributed by atoms with E-state index in [9.17, 15) is 9.59 Å². The first-order valence-electron chi connectivity index (χ1n) is 4.77. The number of amides is 3. The molecule has 14 heavy (non-hydrogen) atoms. The normalized spacial score (nSPS) is 22.6. The third-order valence-corrected chi connectivity index (χ3v) is 3.75. The maximum atomic E-state index is 11.6. The van der Waals surface area contributed by atoms with E-state index < -0.39 is 6.03 Å². The molecule has 1 aliphatic rings. The van der Waals surface area contributed by atoms with Crippen LogP contribution in [0.4, 0.5) is 4.79 Å². The summed E-state index contributed by atoms with van der Waals surface area (Å²) >= 11 is 0. The predicted octanol–water partition coefficient (Wildman–Crippen LogP) is 1.12. The summed E-state index contributed by atoms with van der Waals surface area (Å²) < 4.78 is 0. The molecule has 0 spiro atoms. The van der Waals surface area contributed by atoms with Crippen molar-refractivity contribution in [3.8, 4) is 0 Å². The van der Waals surface area contributed by atoms with Crippen molar-refractivity contribution in [3.63, 3.8) is 0 Å². The number of imide groups is 1. The highest BCUT2D eigenvalue weighted by Gasteiger charge is 2.68. The van der Waals surface area contributed by atoms with Gasteiger partial charge >= 0.3 is 6.03 Å². The van der Waals surface area contributed by atoms with Crippen molar-refractivity contribution in [1.82, 2.24) is 10.6 Å². The van der Waals surface area contributed by atoms with E-state index in [0.29, 0.717) is 0 Å². The lowest BCUT2D eigenvalue weighted by atomic mass is 10.0. The fourth-order valence-electron chi connectivity index (χ4n) is 2.10. The summed E-state index contributed by atoms with van der Waals surface area (Å²) in [5.74, 6) is -0.258. The Morgan fingerprint density at radius 1 is 1.07 bits per heavy atom. The van der Waals surface area contributed by atoms with Gasteiger partial charge in [0.05, 0.1) is 0 Å². The topological polar surface area (TPSA) is 58.2 Å². The Kier molecular flexibility index (Phi) is 2.34. The monoisotopic (exact) mass is 198 g/mol. The molecule has 0 radical (unpaired) electrons. The van der Waals surface area contributed by atoms with Gasteiger partial charge in [-0.2, -0.15) is 0 Å². The standard InChI is InChI=1S/C10H18N2O2/c1-9(2)6(10(9,3)4)7(13)12-8(14)11-5/h6H,1-5H3,(H2,11,12,13,14).